The smallest absolute Gasteiger partial charge is 0.191 e. The maximum absolute atomic E-state index is 5.63. The summed E-state index contributed by atoms with van der Waals surface area (Å²) in [5.41, 5.74) is 2.44. The van der Waals surface area contributed by atoms with Gasteiger partial charge >= 0.3 is 0 Å². The number of nitrogens with zero attached hydrogens (tertiary/aromatic N) is 1. The van der Waals surface area contributed by atoms with Gasteiger partial charge in [0, 0.05) is 13.6 Å². The minimum absolute atomic E-state index is 0. The Hall–Kier alpha value is -1.96. The number of hydrogen-bond donors (Lipinski definition) is 2. The molecule has 0 saturated heterocycles. The zero-order valence-electron chi connectivity index (χ0n) is 15.2. The first-order valence-electron chi connectivity index (χ1n) is 8.67. The number of nitrogens with one attached hydrogen (secondary N) is 2. The van der Waals surface area contributed by atoms with Crippen molar-refractivity contribution in [3.63, 3.8) is 0 Å². The average Bonchev–Trinajstić information content (AvgIpc) is 2.67. The molecule has 0 bridgehead atoms. The highest BCUT2D eigenvalue weighted by atomic mass is 127. The van der Waals surface area contributed by atoms with E-state index in [1.54, 1.807) is 7.05 Å². The third-order valence-corrected chi connectivity index (χ3v) is 4.19. The molecule has 0 radical (unpaired) electrons. The molecule has 0 saturated carbocycles. The third kappa shape index (κ3) is 5.52. The van der Waals surface area contributed by atoms with E-state index in [-0.39, 0.29) is 30.0 Å². The molecule has 2 aromatic carbocycles. The number of hydrogen-bond acceptors (Lipinski definition) is 3. The van der Waals surface area contributed by atoms with Gasteiger partial charge in [-0.25, -0.2) is 0 Å². The zero-order valence-corrected chi connectivity index (χ0v) is 17.5. The Bertz CT molecular complexity index is 722. The summed E-state index contributed by atoms with van der Waals surface area (Å²) in [5, 5.41) is 6.78. The lowest BCUT2D eigenvalue weighted by Crippen LogP contribution is -2.39. The fraction of sp³-hybridized carbons (Fsp3) is 0.350. The molecule has 0 amide bonds. The first kappa shape index (κ1) is 20.4. The summed E-state index contributed by atoms with van der Waals surface area (Å²) in [5.74, 6) is 2.47. The van der Waals surface area contributed by atoms with Crippen LogP contribution in [0.1, 0.15) is 24.1 Å². The highest BCUT2D eigenvalue weighted by Gasteiger charge is 2.12. The van der Waals surface area contributed by atoms with Gasteiger partial charge in [0.15, 0.2) is 17.5 Å². The third-order valence-electron chi connectivity index (χ3n) is 4.19. The maximum Gasteiger partial charge on any atom is 0.191 e. The summed E-state index contributed by atoms with van der Waals surface area (Å²) >= 11 is 0. The fourth-order valence-corrected chi connectivity index (χ4v) is 2.79. The van der Waals surface area contributed by atoms with Gasteiger partial charge < -0.3 is 20.1 Å². The van der Waals surface area contributed by atoms with Crippen LogP contribution >= 0.6 is 24.0 Å². The van der Waals surface area contributed by atoms with Gasteiger partial charge in [0.2, 0.25) is 0 Å². The molecule has 140 valence electrons. The van der Waals surface area contributed by atoms with Crippen molar-refractivity contribution < 1.29 is 9.47 Å². The molecule has 1 atom stereocenters. The van der Waals surface area contributed by atoms with Crippen LogP contribution in [0.3, 0.4) is 0 Å². The van der Waals surface area contributed by atoms with Gasteiger partial charge in [0.25, 0.3) is 0 Å². The lowest BCUT2D eigenvalue weighted by Gasteiger charge is -2.20. The summed E-state index contributed by atoms with van der Waals surface area (Å²) in [6.07, 6.45) is 0.886. The number of fused-ring (bicyclic) bond motifs is 1. The van der Waals surface area contributed by atoms with Crippen LogP contribution in [-0.4, -0.2) is 32.8 Å². The van der Waals surface area contributed by atoms with Crippen LogP contribution in [0.4, 0.5) is 0 Å². The number of rotatable bonds is 5. The van der Waals surface area contributed by atoms with E-state index in [2.05, 4.69) is 46.8 Å². The van der Waals surface area contributed by atoms with Gasteiger partial charge in [-0.2, -0.15) is 0 Å². The Labute approximate surface area is 172 Å². The van der Waals surface area contributed by atoms with E-state index in [9.17, 15) is 0 Å². The summed E-state index contributed by atoms with van der Waals surface area (Å²) in [4.78, 5) is 4.30. The van der Waals surface area contributed by atoms with Gasteiger partial charge in [-0.15, -0.1) is 24.0 Å². The zero-order chi connectivity index (χ0) is 17.5. The van der Waals surface area contributed by atoms with Crippen molar-refractivity contribution in [1.82, 2.24) is 10.6 Å². The molecule has 1 unspecified atom stereocenters. The van der Waals surface area contributed by atoms with Gasteiger partial charge in [-0.3, -0.25) is 4.99 Å². The monoisotopic (exact) mass is 467 g/mol. The Kier molecular flexibility index (Phi) is 8.03. The molecule has 1 heterocycles. The average molecular weight is 467 g/mol. The minimum atomic E-state index is 0. The van der Waals surface area contributed by atoms with Crippen molar-refractivity contribution in [2.45, 2.75) is 19.4 Å². The van der Waals surface area contributed by atoms with Crippen LogP contribution in [0, 0.1) is 0 Å². The number of halogens is 1. The Morgan fingerprint density at radius 3 is 2.54 bits per heavy atom. The summed E-state index contributed by atoms with van der Waals surface area (Å²) in [7, 11) is 1.79. The van der Waals surface area contributed by atoms with E-state index in [4.69, 9.17) is 9.47 Å². The quantitative estimate of drug-likeness (QED) is 0.402. The molecule has 2 N–H and O–H groups in total. The minimum Gasteiger partial charge on any atom is -0.486 e. The van der Waals surface area contributed by atoms with Crippen molar-refractivity contribution in [3.8, 4) is 11.5 Å². The SMILES string of the molecule is CN=C(NCCc1ccc2c(c1)OCCO2)NC(C)c1ccccc1.I. The standard InChI is InChI=1S/C20H25N3O2.HI/c1-15(17-6-4-3-5-7-17)23-20(21-2)22-11-10-16-8-9-18-19(14-16)25-13-12-24-18;/h3-9,14-15H,10-13H2,1-2H3,(H2,21,22,23);1H. The van der Waals surface area contributed by atoms with Gasteiger partial charge in [0.1, 0.15) is 13.2 Å². The van der Waals surface area contributed by atoms with Crippen LogP contribution in [0.5, 0.6) is 11.5 Å². The highest BCUT2D eigenvalue weighted by Crippen LogP contribution is 2.30. The second kappa shape index (κ2) is 10.3. The Morgan fingerprint density at radius 1 is 1.08 bits per heavy atom. The first-order chi connectivity index (χ1) is 12.3. The molecule has 1 aliphatic rings. The molecule has 1 aliphatic heterocycles. The molecule has 0 aromatic heterocycles. The van der Waals surface area contributed by atoms with Crippen molar-refractivity contribution >= 4 is 29.9 Å². The fourth-order valence-electron chi connectivity index (χ4n) is 2.79. The van der Waals surface area contributed by atoms with E-state index < -0.39 is 0 Å². The topological polar surface area (TPSA) is 54.9 Å². The molecule has 26 heavy (non-hydrogen) atoms. The highest BCUT2D eigenvalue weighted by molar-refractivity contribution is 14.0. The van der Waals surface area contributed by atoms with E-state index in [1.807, 2.05) is 24.3 Å². The lowest BCUT2D eigenvalue weighted by molar-refractivity contribution is 0.171. The van der Waals surface area contributed by atoms with Gasteiger partial charge in [0.05, 0.1) is 6.04 Å². The van der Waals surface area contributed by atoms with Crippen molar-refractivity contribution in [2.75, 3.05) is 26.8 Å². The van der Waals surface area contributed by atoms with Crippen LogP contribution in [-0.2, 0) is 6.42 Å². The van der Waals surface area contributed by atoms with Crippen molar-refractivity contribution in [3.05, 3.63) is 59.7 Å². The second-order valence-corrected chi connectivity index (χ2v) is 6.00. The molecule has 0 spiro atoms. The number of ether oxygens (including phenoxy) is 2. The summed E-state index contributed by atoms with van der Waals surface area (Å²) in [6, 6.07) is 16.7. The van der Waals surface area contributed by atoms with Crippen LogP contribution in [0.25, 0.3) is 0 Å². The first-order valence-corrected chi connectivity index (χ1v) is 8.67. The molecule has 3 rings (SSSR count). The molecular weight excluding hydrogens is 441 g/mol. The molecule has 5 nitrogen and oxygen atoms in total. The van der Waals surface area contributed by atoms with Crippen molar-refractivity contribution in [1.29, 1.82) is 0 Å². The van der Waals surface area contributed by atoms with E-state index in [0.717, 1.165) is 30.4 Å². The maximum atomic E-state index is 5.63. The molecule has 0 aliphatic carbocycles. The number of aliphatic imine (C=N–C) groups is 1. The van der Waals surface area contributed by atoms with Crippen molar-refractivity contribution in [2.24, 2.45) is 4.99 Å². The van der Waals surface area contributed by atoms with E-state index in [1.165, 1.54) is 11.1 Å². The van der Waals surface area contributed by atoms with Gasteiger partial charge in [-0.1, -0.05) is 36.4 Å². The summed E-state index contributed by atoms with van der Waals surface area (Å²) < 4.78 is 11.2. The number of guanidine groups is 1. The Morgan fingerprint density at radius 2 is 1.81 bits per heavy atom. The van der Waals surface area contributed by atoms with Crippen LogP contribution in [0.2, 0.25) is 0 Å². The van der Waals surface area contributed by atoms with Crippen LogP contribution in [0.15, 0.2) is 53.5 Å². The van der Waals surface area contributed by atoms with E-state index >= 15 is 0 Å². The Balaban J connectivity index is 0.00000243. The van der Waals surface area contributed by atoms with E-state index in [0.29, 0.717) is 13.2 Å². The normalized spacial score (nSPS) is 14.2. The van der Waals surface area contributed by atoms with Gasteiger partial charge in [-0.05, 0) is 36.6 Å². The molecule has 6 heteroatoms. The lowest BCUT2D eigenvalue weighted by atomic mass is 10.1. The molecule has 0 fully saturated rings. The predicted molar refractivity (Wildman–Crippen MR) is 116 cm³/mol. The second-order valence-electron chi connectivity index (χ2n) is 6.00. The largest absolute Gasteiger partial charge is 0.486 e. The molecule has 2 aromatic rings. The van der Waals surface area contributed by atoms with Crippen LogP contribution < -0.4 is 20.1 Å². The molecular formula is C20H26IN3O2. The number of benzene rings is 2. The predicted octanol–water partition coefficient (Wildman–Crippen LogP) is 3.54. The summed E-state index contributed by atoms with van der Waals surface area (Å²) in [6.45, 7) is 4.15.